The van der Waals surface area contributed by atoms with Gasteiger partial charge in [0.1, 0.15) is 24.3 Å². The van der Waals surface area contributed by atoms with E-state index in [0.29, 0.717) is 32.3 Å². The summed E-state index contributed by atoms with van der Waals surface area (Å²) in [6.45, 7) is 9.06. The van der Waals surface area contributed by atoms with Crippen LogP contribution in [-0.2, 0) is 23.8 Å². The molecule has 1 aliphatic carbocycles. The first-order valence-corrected chi connectivity index (χ1v) is 12.5. The summed E-state index contributed by atoms with van der Waals surface area (Å²) in [7, 11) is 1.52. The predicted octanol–water partition coefficient (Wildman–Crippen LogP) is 0.760. The Balaban J connectivity index is 2.12. The molecule has 0 bridgehead atoms. The molecule has 11 nitrogen and oxygen atoms in total. The molecular formula is C25H43N3O8. The Bertz CT molecular complexity index is 820. The first-order chi connectivity index (χ1) is 16.8. The van der Waals surface area contributed by atoms with Crippen molar-refractivity contribution >= 4 is 17.9 Å². The highest BCUT2D eigenvalue weighted by Gasteiger charge is 2.64. The van der Waals surface area contributed by atoms with Gasteiger partial charge < -0.3 is 40.8 Å². The van der Waals surface area contributed by atoms with Gasteiger partial charge in [-0.25, -0.2) is 4.79 Å². The van der Waals surface area contributed by atoms with E-state index in [2.05, 4.69) is 16.7 Å². The Morgan fingerprint density at radius 1 is 1.28 bits per heavy atom. The number of nitrogens with two attached hydrogens (primary N) is 1. The maximum atomic E-state index is 12.9. The van der Waals surface area contributed by atoms with Crippen LogP contribution >= 0.6 is 0 Å². The Hall–Kier alpha value is -2.21. The van der Waals surface area contributed by atoms with Crippen LogP contribution in [0.2, 0.25) is 0 Å². The summed E-state index contributed by atoms with van der Waals surface area (Å²) >= 11 is 0. The van der Waals surface area contributed by atoms with Crippen molar-refractivity contribution in [2.75, 3.05) is 20.3 Å². The lowest BCUT2D eigenvalue weighted by atomic mass is 9.66. The van der Waals surface area contributed by atoms with Crippen LogP contribution in [0.3, 0.4) is 0 Å². The second kappa shape index (κ2) is 12.4. The Morgan fingerprint density at radius 3 is 2.39 bits per heavy atom. The van der Waals surface area contributed by atoms with E-state index >= 15 is 0 Å². The molecule has 6 N–H and O–H groups in total. The molecule has 7 atom stereocenters. The minimum Gasteiger partial charge on any atom is -0.443 e. The molecule has 2 aliphatic rings. The quantitative estimate of drug-likeness (QED) is 0.188. The number of ether oxygens (including phenoxy) is 3. The third-order valence-electron chi connectivity index (χ3n) is 7.10. The van der Waals surface area contributed by atoms with E-state index in [4.69, 9.17) is 19.9 Å². The van der Waals surface area contributed by atoms with Gasteiger partial charge in [-0.3, -0.25) is 9.59 Å². The van der Waals surface area contributed by atoms with Crippen LogP contribution in [0.15, 0.2) is 11.6 Å². The number of epoxide rings is 1. The minimum atomic E-state index is -1.27. The maximum absolute atomic E-state index is 12.9. The molecule has 0 aromatic rings. The second-order valence-electron chi connectivity index (χ2n) is 10.7. The molecular weight excluding hydrogens is 470 g/mol. The number of nitrogens with one attached hydrogen (secondary N) is 2. The summed E-state index contributed by atoms with van der Waals surface area (Å²) in [5, 5.41) is 25.6. The van der Waals surface area contributed by atoms with Gasteiger partial charge >= 0.3 is 6.09 Å². The Labute approximate surface area is 213 Å². The van der Waals surface area contributed by atoms with Crippen molar-refractivity contribution in [1.82, 2.24) is 10.6 Å². The van der Waals surface area contributed by atoms with Gasteiger partial charge in [-0.05, 0) is 52.4 Å². The molecule has 0 aromatic carbocycles. The third kappa shape index (κ3) is 7.41. The highest BCUT2D eigenvalue weighted by Crippen LogP contribution is 2.52. The van der Waals surface area contributed by atoms with E-state index < -0.39 is 65.9 Å². The zero-order valence-corrected chi connectivity index (χ0v) is 22.2. The zero-order chi connectivity index (χ0) is 27.3. The maximum Gasteiger partial charge on any atom is 0.408 e. The van der Waals surface area contributed by atoms with Gasteiger partial charge in [0, 0.05) is 13.0 Å². The van der Waals surface area contributed by atoms with E-state index in [1.807, 2.05) is 13.8 Å². The van der Waals surface area contributed by atoms with E-state index in [0.717, 1.165) is 5.57 Å². The highest BCUT2D eigenvalue weighted by molar-refractivity contribution is 5.90. The number of amides is 3. The van der Waals surface area contributed by atoms with Crippen LogP contribution in [0.4, 0.5) is 4.79 Å². The van der Waals surface area contributed by atoms with Crippen molar-refractivity contribution in [3.8, 4) is 0 Å². The summed E-state index contributed by atoms with van der Waals surface area (Å²) in [5.41, 5.74) is 4.70. The molecule has 1 saturated heterocycles. The van der Waals surface area contributed by atoms with Crippen molar-refractivity contribution in [2.24, 2.45) is 17.6 Å². The summed E-state index contributed by atoms with van der Waals surface area (Å²) < 4.78 is 17.3. The molecule has 36 heavy (non-hydrogen) atoms. The second-order valence-corrected chi connectivity index (χ2v) is 10.7. The largest absolute Gasteiger partial charge is 0.443 e. The fourth-order valence-corrected chi connectivity index (χ4v) is 5.08. The van der Waals surface area contributed by atoms with Gasteiger partial charge in [0.2, 0.25) is 11.8 Å². The molecule has 0 aromatic heterocycles. The summed E-state index contributed by atoms with van der Waals surface area (Å²) in [6, 6.07) is -2.30. The highest BCUT2D eigenvalue weighted by atomic mass is 16.6. The van der Waals surface area contributed by atoms with Crippen LogP contribution in [0.25, 0.3) is 0 Å². The molecule has 3 amide bonds. The minimum absolute atomic E-state index is 0.346. The number of methoxy groups -OCH3 is 1. The SMILES string of the molecule is CO[C@@H]1[C@H](OC(=O)N[C@@H](C(=O)N[C@@H](CO)C(N)=O)C(C)C)CC[C@]2(CO2)[C@H]1[C@@](C)(O)CCC=C(C)C. The van der Waals surface area contributed by atoms with Crippen molar-refractivity contribution in [3.05, 3.63) is 11.6 Å². The van der Waals surface area contributed by atoms with Crippen LogP contribution in [0, 0.1) is 11.8 Å². The van der Waals surface area contributed by atoms with Gasteiger partial charge in [0.15, 0.2) is 0 Å². The van der Waals surface area contributed by atoms with Gasteiger partial charge in [-0.15, -0.1) is 0 Å². The number of hydrogen-bond acceptors (Lipinski definition) is 8. The normalized spacial score (nSPS) is 28.5. The monoisotopic (exact) mass is 513 g/mol. The summed E-state index contributed by atoms with van der Waals surface area (Å²) in [4.78, 5) is 36.9. The van der Waals surface area contributed by atoms with E-state index in [-0.39, 0.29) is 5.92 Å². The average Bonchev–Trinajstić information content (AvgIpc) is 3.55. The van der Waals surface area contributed by atoms with E-state index in [1.165, 1.54) is 7.11 Å². The lowest BCUT2D eigenvalue weighted by molar-refractivity contribution is -0.164. The molecule has 1 aliphatic heterocycles. The van der Waals surface area contributed by atoms with Crippen LogP contribution in [0.1, 0.15) is 60.3 Å². The number of allylic oxidation sites excluding steroid dienone is 2. The number of carbonyl (C=O) groups excluding carboxylic acids is 3. The predicted molar refractivity (Wildman–Crippen MR) is 132 cm³/mol. The molecule has 11 heteroatoms. The molecule has 206 valence electrons. The topological polar surface area (TPSA) is 173 Å². The first kappa shape index (κ1) is 30.0. The Morgan fingerprint density at radius 2 is 1.92 bits per heavy atom. The van der Waals surface area contributed by atoms with Crippen molar-refractivity contribution < 1.29 is 38.8 Å². The van der Waals surface area contributed by atoms with E-state index in [1.54, 1.807) is 20.8 Å². The molecule has 1 spiro atoms. The van der Waals surface area contributed by atoms with Gasteiger partial charge in [-0.1, -0.05) is 25.5 Å². The third-order valence-corrected chi connectivity index (χ3v) is 7.10. The fraction of sp³-hybridized carbons (Fsp3) is 0.800. The van der Waals surface area contributed by atoms with Crippen molar-refractivity contribution in [3.63, 3.8) is 0 Å². The number of carbonyl (C=O) groups is 3. The average molecular weight is 514 g/mol. The van der Waals surface area contributed by atoms with Crippen LogP contribution in [-0.4, -0.2) is 83.9 Å². The summed E-state index contributed by atoms with van der Waals surface area (Å²) in [6.07, 6.45) is 2.20. The fourth-order valence-electron chi connectivity index (χ4n) is 5.08. The lowest BCUT2D eigenvalue weighted by Gasteiger charge is -2.47. The molecule has 0 radical (unpaired) electrons. The number of hydrogen-bond donors (Lipinski definition) is 5. The van der Waals surface area contributed by atoms with Crippen molar-refractivity contribution in [2.45, 2.75) is 95.8 Å². The lowest BCUT2D eigenvalue weighted by Crippen LogP contribution is -2.60. The molecule has 2 fully saturated rings. The number of rotatable bonds is 12. The summed E-state index contributed by atoms with van der Waals surface area (Å²) in [5.74, 6) is -2.32. The zero-order valence-electron chi connectivity index (χ0n) is 22.2. The van der Waals surface area contributed by atoms with Gasteiger partial charge in [-0.2, -0.15) is 0 Å². The van der Waals surface area contributed by atoms with Gasteiger partial charge in [0.25, 0.3) is 0 Å². The molecule has 1 saturated carbocycles. The van der Waals surface area contributed by atoms with Crippen LogP contribution < -0.4 is 16.4 Å². The number of primary amides is 1. The van der Waals surface area contributed by atoms with E-state index in [9.17, 15) is 24.6 Å². The first-order valence-electron chi connectivity index (χ1n) is 12.5. The van der Waals surface area contributed by atoms with Gasteiger partial charge in [0.05, 0.1) is 24.4 Å². The standard InChI is InChI=1S/C25H43N3O8/c1-14(2)8-7-10-24(5,33)20-19(34-6)17(9-11-25(20)13-35-25)36-23(32)28-18(15(3)4)22(31)27-16(12-29)21(26)30/h8,15-20,29,33H,7,9-13H2,1-6H3,(H2,26,30)(H,27,31)(H,28,32)/t16-,17+,18+,19+,20+,24-,25-/m0/s1. The smallest absolute Gasteiger partial charge is 0.408 e. The number of aliphatic hydroxyl groups excluding tert-OH is 1. The molecule has 1 heterocycles. The number of aliphatic hydroxyl groups is 2. The molecule has 0 unspecified atom stereocenters. The number of alkyl carbamates (subject to hydrolysis) is 1. The van der Waals surface area contributed by atoms with Crippen molar-refractivity contribution in [1.29, 1.82) is 0 Å². The van der Waals surface area contributed by atoms with Crippen LogP contribution in [0.5, 0.6) is 0 Å². The Kier molecular flexibility index (Phi) is 10.3. The molecule has 2 rings (SSSR count).